The van der Waals surface area contributed by atoms with Crippen LogP contribution in [-0.4, -0.2) is 15.9 Å². The van der Waals surface area contributed by atoms with E-state index in [1.54, 1.807) is 24.7 Å². The van der Waals surface area contributed by atoms with Crippen molar-refractivity contribution in [2.75, 3.05) is 0 Å². The van der Waals surface area contributed by atoms with E-state index in [0.29, 0.717) is 5.56 Å². The summed E-state index contributed by atoms with van der Waals surface area (Å²) in [5.41, 5.74) is 2.55. The molecule has 2 rings (SSSR count). The van der Waals surface area contributed by atoms with Crippen molar-refractivity contribution >= 4 is 24.2 Å². The highest BCUT2D eigenvalue weighted by Gasteiger charge is 1.90. The molecule has 2 aromatic heterocycles. The number of rotatable bonds is 4. The SMILES string of the molecule is O=C([O-])/C=C/c1ccc(/C=C/c2ccncc2)nc1. The van der Waals surface area contributed by atoms with E-state index in [0.717, 1.165) is 17.3 Å². The van der Waals surface area contributed by atoms with Crippen LogP contribution < -0.4 is 5.11 Å². The van der Waals surface area contributed by atoms with Gasteiger partial charge in [-0.05, 0) is 41.5 Å². The van der Waals surface area contributed by atoms with Crippen LogP contribution in [0.2, 0.25) is 0 Å². The van der Waals surface area contributed by atoms with Crippen molar-refractivity contribution in [1.82, 2.24) is 9.97 Å². The Morgan fingerprint density at radius 1 is 1.00 bits per heavy atom. The summed E-state index contributed by atoms with van der Waals surface area (Å²) in [6.07, 6.45) is 11.3. The van der Waals surface area contributed by atoms with Crippen LogP contribution in [0.4, 0.5) is 0 Å². The van der Waals surface area contributed by atoms with E-state index in [-0.39, 0.29) is 0 Å². The normalized spacial score (nSPS) is 11.2. The molecule has 0 fully saturated rings. The van der Waals surface area contributed by atoms with Crippen molar-refractivity contribution < 1.29 is 9.90 Å². The first-order valence-electron chi connectivity index (χ1n) is 5.67. The minimum Gasteiger partial charge on any atom is -0.545 e. The van der Waals surface area contributed by atoms with Crippen LogP contribution >= 0.6 is 0 Å². The molecule has 2 heterocycles. The number of carbonyl (C=O) groups excluding carboxylic acids is 1. The number of aromatic nitrogens is 2. The largest absolute Gasteiger partial charge is 0.545 e. The molecule has 94 valence electrons. The second kappa shape index (κ2) is 6.26. The Labute approximate surface area is 110 Å². The number of nitrogens with zero attached hydrogens (tertiary/aromatic N) is 2. The number of pyridine rings is 2. The minimum atomic E-state index is -1.22. The van der Waals surface area contributed by atoms with Crippen molar-refractivity contribution in [2.24, 2.45) is 0 Å². The molecule has 4 heteroatoms. The summed E-state index contributed by atoms with van der Waals surface area (Å²) in [7, 11) is 0. The zero-order valence-electron chi connectivity index (χ0n) is 10.1. The molecule has 0 aliphatic heterocycles. The molecule has 4 nitrogen and oxygen atoms in total. The van der Waals surface area contributed by atoms with Crippen LogP contribution in [0.1, 0.15) is 16.8 Å². The lowest BCUT2D eigenvalue weighted by atomic mass is 10.2. The van der Waals surface area contributed by atoms with Crippen molar-refractivity contribution in [3.63, 3.8) is 0 Å². The maximum Gasteiger partial charge on any atom is 0.0643 e. The Morgan fingerprint density at radius 2 is 1.79 bits per heavy atom. The maximum atomic E-state index is 10.3. The molecule has 2 aromatic rings. The fourth-order valence-corrected chi connectivity index (χ4v) is 1.43. The van der Waals surface area contributed by atoms with Crippen molar-refractivity contribution in [3.8, 4) is 0 Å². The molecule has 0 radical (unpaired) electrons. The van der Waals surface area contributed by atoms with E-state index >= 15 is 0 Å². The van der Waals surface area contributed by atoms with Gasteiger partial charge in [-0.3, -0.25) is 9.97 Å². The molecular formula is C15H11N2O2-. The Bertz CT molecular complexity index is 602. The van der Waals surface area contributed by atoms with Crippen molar-refractivity contribution in [2.45, 2.75) is 0 Å². The number of carbonyl (C=O) groups is 1. The van der Waals surface area contributed by atoms with Crippen molar-refractivity contribution in [1.29, 1.82) is 0 Å². The summed E-state index contributed by atoms with van der Waals surface area (Å²) in [6.45, 7) is 0. The zero-order valence-corrected chi connectivity index (χ0v) is 10.1. The molecule has 0 N–H and O–H groups in total. The van der Waals surface area contributed by atoms with E-state index in [2.05, 4.69) is 9.97 Å². The Kier molecular flexibility index (Phi) is 4.18. The molecular weight excluding hydrogens is 240 g/mol. The fourth-order valence-electron chi connectivity index (χ4n) is 1.43. The lowest BCUT2D eigenvalue weighted by Gasteiger charge is -1.96. The van der Waals surface area contributed by atoms with Crippen LogP contribution in [-0.2, 0) is 4.79 Å². The van der Waals surface area contributed by atoms with E-state index in [1.165, 1.54) is 6.08 Å². The number of hydrogen-bond donors (Lipinski definition) is 0. The lowest BCUT2D eigenvalue weighted by Crippen LogP contribution is -2.18. The molecule has 0 aliphatic rings. The number of carboxylic acids is 1. The summed E-state index contributed by atoms with van der Waals surface area (Å²) < 4.78 is 0. The van der Waals surface area contributed by atoms with Gasteiger partial charge in [0.25, 0.3) is 0 Å². The molecule has 0 bridgehead atoms. The smallest absolute Gasteiger partial charge is 0.0643 e. The number of aliphatic carboxylic acids is 1. The lowest BCUT2D eigenvalue weighted by molar-refractivity contribution is -0.297. The highest BCUT2D eigenvalue weighted by atomic mass is 16.4. The first kappa shape index (κ1) is 12.7. The third kappa shape index (κ3) is 4.20. The zero-order chi connectivity index (χ0) is 13.5. The predicted octanol–water partition coefficient (Wildman–Crippen LogP) is 1.41. The second-order valence-corrected chi connectivity index (χ2v) is 3.78. The van der Waals surface area contributed by atoms with Gasteiger partial charge in [0.05, 0.1) is 11.7 Å². The standard InChI is InChI=1S/C15H12N2O2/c18-15(19)6-3-13-2-5-14(17-11-13)4-1-12-7-9-16-10-8-12/h1-11H,(H,18,19)/p-1/b4-1+,6-3+. The predicted molar refractivity (Wildman–Crippen MR) is 71.4 cm³/mol. The Hall–Kier alpha value is -2.75. The monoisotopic (exact) mass is 251 g/mol. The summed E-state index contributed by atoms with van der Waals surface area (Å²) in [5, 5.41) is 10.3. The molecule has 0 unspecified atom stereocenters. The van der Waals surface area contributed by atoms with Gasteiger partial charge in [-0.2, -0.15) is 0 Å². The average molecular weight is 251 g/mol. The van der Waals surface area contributed by atoms with E-state index in [4.69, 9.17) is 0 Å². The second-order valence-electron chi connectivity index (χ2n) is 3.78. The molecule has 0 aromatic carbocycles. The first-order chi connectivity index (χ1) is 9.24. The van der Waals surface area contributed by atoms with Gasteiger partial charge in [0.15, 0.2) is 0 Å². The number of hydrogen-bond acceptors (Lipinski definition) is 4. The quantitative estimate of drug-likeness (QED) is 0.770. The van der Waals surface area contributed by atoms with Gasteiger partial charge in [0.2, 0.25) is 0 Å². The third-order valence-corrected chi connectivity index (χ3v) is 2.37. The van der Waals surface area contributed by atoms with Crippen LogP contribution in [0.25, 0.3) is 18.2 Å². The Morgan fingerprint density at radius 3 is 2.42 bits per heavy atom. The summed E-state index contributed by atoms with van der Waals surface area (Å²) >= 11 is 0. The fraction of sp³-hybridized carbons (Fsp3) is 0. The summed E-state index contributed by atoms with van der Waals surface area (Å²) in [6, 6.07) is 7.40. The molecule has 0 aliphatic carbocycles. The third-order valence-electron chi connectivity index (χ3n) is 2.37. The molecule has 0 amide bonds. The maximum absolute atomic E-state index is 10.3. The van der Waals surface area contributed by atoms with E-state index < -0.39 is 5.97 Å². The van der Waals surface area contributed by atoms with Gasteiger partial charge in [-0.1, -0.05) is 18.2 Å². The van der Waals surface area contributed by atoms with Crippen LogP contribution in [0.5, 0.6) is 0 Å². The highest BCUT2D eigenvalue weighted by Crippen LogP contribution is 2.07. The van der Waals surface area contributed by atoms with Gasteiger partial charge in [-0.15, -0.1) is 0 Å². The average Bonchev–Trinajstić information content (AvgIpc) is 2.45. The topological polar surface area (TPSA) is 65.9 Å². The van der Waals surface area contributed by atoms with Gasteiger partial charge in [0.1, 0.15) is 0 Å². The van der Waals surface area contributed by atoms with Gasteiger partial charge >= 0.3 is 0 Å². The summed E-state index contributed by atoms with van der Waals surface area (Å²) in [5.74, 6) is -1.22. The minimum absolute atomic E-state index is 0.713. The van der Waals surface area contributed by atoms with Gasteiger partial charge in [0, 0.05) is 18.6 Å². The van der Waals surface area contributed by atoms with Crippen LogP contribution in [0.3, 0.4) is 0 Å². The highest BCUT2D eigenvalue weighted by molar-refractivity contribution is 5.83. The van der Waals surface area contributed by atoms with Gasteiger partial charge in [-0.25, -0.2) is 0 Å². The van der Waals surface area contributed by atoms with Gasteiger partial charge < -0.3 is 9.90 Å². The van der Waals surface area contributed by atoms with Crippen LogP contribution in [0, 0.1) is 0 Å². The molecule has 0 atom stereocenters. The molecule has 0 spiro atoms. The van der Waals surface area contributed by atoms with Crippen LogP contribution in [0.15, 0.2) is 48.9 Å². The first-order valence-corrected chi connectivity index (χ1v) is 5.67. The number of carboxylic acid groups (broad SMARTS) is 1. The Balaban J connectivity index is 2.07. The molecule has 19 heavy (non-hydrogen) atoms. The summed E-state index contributed by atoms with van der Waals surface area (Å²) in [4.78, 5) is 18.4. The molecule has 0 saturated heterocycles. The van der Waals surface area contributed by atoms with E-state index in [9.17, 15) is 9.90 Å². The molecule has 0 saturated carbocycles. The van der Waals surface area contributed by atoms with Crippen molar-refractivity contribution in [3.05, 3.63) is 65.8 Å². The van der Waals surface area contributed by atoms with E-state index in [1.807, 2.05) is 30.4 Å².